The van der Waals surface area contributed by atoms with Crippen molar-refractivity contribution in [2.45, 2.75) is 26.3 Å². The van der Waals surface area contributed by atoms with Gasteiger partial charge in [0.25, 0.3) is 0 Å². The van der Waals surface area contributed by atoms with Gasteiger partial charge in [-0.15, -0.1) is 0 Å². The second-order valence-corrected chi connectivity index (χ2v) is 5.29. The molecule has 0 aromatic heterocycles. The van der Waals surface area contributed by atoms with E-state index in [0.717, 1.165) is 24.5 Å². The maximum Gasteiger partial charge on any atom is 0.335 e. The zero-order valence-electron chi connectivity index (χ0n) is 10.4. The van der Waals surface area contributed by atoms with Crippen LogP contribution in [0.4, 0.5) is 11.4 Å². The molecule has 0 bridgehead atoms. The van der Waals surface area contributed by atoms with Crippen molar-refractivity contribution in [1.82, 2.24) is 0 Å². The molecule has 0 spiro atoms. The molecule has 0 aliphatic carbocycles. The van der Waals surface area contributed by atoms with Crippen LogP contribution in [0, 0.1) is 0 Å². The molecule has 92 valence electrons. The van der Waals surface area contributed by atoms with Crippen LogP contribution in [0.3, 0.4) is 0 Å². The SMILES string of the molecule is CC(C)(C)N1CCNc2cc(C(=O)O)ccc21. The van der Waals surface area contributed by atoms with Crippen LogP contribution >= 0.6 is 0 Å². The number of carboxylic acid groups (broad SMARTS) is 1. The summed E-state index contributed by atoms with van der Waals surface area (Å²) in [6, 6.07) is 5.25. The van der Waals surface area contributed by atoms with Crippen LogP contribution in [0.1, 0.15) is 31.1 Å². The Morgan fingerprint density at radius 2 is 2.12 bits per heavy atom. The lowest BCUT2D eigenvalue weighted by Gasteiger charge is -2.42. The summed E-state index contributed by atoms with van der Waals surface area (Å²) in [6.07, 6.45) is 0. The molecule has 1 aliphatic rings. The molecular weight excluding hydrogens is 216 g/mol. The highest BCUT2D eigenvalue weighted by molar-refractivity contribution is 5.91. The highest BCUT2D eigenvalue weighted by Gasteiger charge is 2.26. The van der Waals surface area contributed by atoms with Crippen molar-refractivity contribution in [1.29, 1.82) is 0 Å². The minimum absolute atomic E-state index is 0.0432. The number of anilines is 2. The molecule has 0 amide bonds. The monoisotopic (exact) mass is 234 g/mol. The number of aromatic carboxylic acids is 1. The lowest BCUT2D eigenvalue weighted by atomic mass is 10.0. The van der Waals surface area contributed by atoms with Crippen molar-refractivity contribution in [2.24, 2.45) is 0 Å². The maximum absolute atomic E-state index is 10.9. The number of hydrogen-bond donors (Lipinski definition) is 2. The molecule has 0 fully saturated rings. The van der Waals surface area contributed by atoms with E-state index in [4.69, 9.17) is 5.11 Å². The van der Waals surface area contributed by atoms with Gasteiger partial charge in [0.15, 0.2) is 0 Å². The Bertz CT molecular complexity index is 449. The summed E-state index contributed by atoms with van der Waals surface area (Å²) in [7, 11) is 0. The summed E-state index contributed by atoms with van der Waals surface area (Å²) >= 11 is 0. The van der Waals surface area contributed by atoms with E-state index in [1.807, 2.05) is 6.07 Å². The third kappa shape index (κ3) is 2.20. The normalized spacial score (nSPS) is 15.1. The minimum Gasteiger partial charge on any atom is -0.478 e. The fourth-order valence-electron chi connectivity index (χ4n) is 2.17. The van der Waals surface area contributed by atoms with Crippen molar-refractivity contribution in [2.75, 3.05) is 23.3 Å². The molecule has 4 heteroatoms. The first kappa shape index (κ1) is 11.8. The van der Waals surface area contributed by atoms with Gasteiger partial charge in [0, 0.05) is 18.6 Å². The van der Waals surface area contributed by atoms with Crippen molar-refractivity contribution >= 4 is 17.3 Å². The number of fused-ring (bicyclic) bond motifs is 1. The second-order valence-electron chi connectivity index (χ2n) is 5.29. The summed E-state index contributed by atoms with van der Waals surface area (Å²) in [5.41, 5.74) is 2.36. The minimum atomic E-state index is -0.887. The van der Waals surface area contributed by atoms with Crippen molar-refractivity contribution < 1.29 is 9.90 Å². The summed E-state index contributed by atoms with van der Waals surface area (Å²) in [5, 5.41) is 12.2. The molecule has 0 saturated heterocycles. The Morgan fingerprint density at radius 1 is 1.41 bits per heavy atom. The van der Waals surface area contributed by atoms with E-state index >= 15 is 0 Å². The first-order valence-electron chi connectivity index (χ1n) is 5.78. The van der Waals surface area contributed by atoms with Crippen LogP contribution in [0.2, 0.25) is 0 Å². The lowest BCUT2D eigenvalue weighted by Crippen LogP contribution is -2.46. The molecule has 1 aromatic rings. The molecule has 0 unspecified atom stereocenters. The highest BCUT2D eigenvalue weighted by atomic mass is 16.4. The third-order valence-electron chi connectivity index (χ3n) is 2.99. The van der Waals surface area contributed by atoms with Crippen LogP contribution in [0.15, 0.2) is 18.2 Å². The number of benzene rings is 1. The molecule has 1 aromatic carbocycles. The smallest absolute Gasteiger partial charge is 0.335 e. The van der Waals surface area contributed by atoms with Crippen molar-refractivity contribution in [3.05, 3.63) is 23.8 Å². The number of carboxylic acids is 1. The van der Waals surface area contributed by atoms with Crippen molar-refractivity contribution in [3.8, 4) is 0 Å². The van der Waals surface area contributed by atoms with Gasteiger partial charge in [-0.1, -0.05) is 0 Å². The van der Waals surface area contributed by atoms with Crippen LogP contribution in [0.5, 0.6) is 0 Å². The van der Waals surface area contributed by atoms with E-state index in [1.54, 1.807) is 12.1 Å². The molecule has 1 heterocycles. The molecule has 2 N–H and O–H groups in total. The van der Waals surface area contributed by atoms with E-state index in [1.165, 1.54) is 0 Å². The molecule has 0 saturated carbocycles. The standard InChI is InChI=1S/C13H18N2O2/c1-13(2,3)15-7-6-14-10-8-9(12(16)17)4-5-11(10)15/h4-5,8,14H,6-7H2,1-3H3,(H,16,17). The average molecular weight is 234 g/mol. The zero-order chi connectivity index (χ0) is 12.6. The summed E-state index contributed by atoms with van der Waals surface area (Å²) < 4.78 is 0. The molecule has 1 aliphatic heterocycles. The third-order valence-corrected chi connectivity index (χ3v) is 2.99. The first-order chi connectivity index (χ1) is 7.89. The molecule has 0 atom stereocenters. The van der Waals surface area contributed by atoms with Gasteiger partial charge in [-0.05, 0) is 39.0 Å². The number of hydrogen-bond acceptors (Lipinski definition) is 3. The Labute approximate surface area is 101 Å². The number of nitrogens with one attached hydrogen (secondary N) is 1. The van der Waals surface area contributed by atoms with E-state index in [0.29, 0.717) is 5.56 Å². The summed E-state index contributed by atoms with van der Waals surface area (Å²) in [5.74, 6) is -0.887. The first-order valence-corrected chi connectivity index (χ1v) is 5.78. The van der Waals surface area contributed by atoms with Gasteiger partial charge in [-0.3, -0.25) is 0 Å². The fourth-order valence-corrected chi connectivity index (χ4v) is 2.17. The van der Waals surface area contributed by atoms with E-state index in [-0.39, 0.29) is 5.54 Å². The Morgan fingerprint density at radius 3 is 2.71 bits per heavy atom. The molecular formula is C13H18N2O2. The van der Waals surface area contributed by atoms with Gasteiger partial charge in [-0.2, -0.15) is 0 Å². The summed E-state index contributed by atoms with van der Waals surface area (Å²) in [4.78, 5) is 13.2. The van der Waals surface area contributed by atoms with Crippen LogP contribution in [-0.2, 0) is 0 Å². The molecule has 4 nitrogen and oxygen atoms in total. The predicted molar refractivity (Wildman–Crippen MR) is 69.0 cm³/mol. The van der Waals surface area contributed by atoms with E-state index < -0.39 is 5.97 Å². The van der Waals surface area contributed by atoms with Crippen LogP contribution in [0.25, 0.3) is 0 Å². The average Bonchev–Trinajstić information content (AvgIpc) is 2.26. The van der Waals surface area contributed by atoms with Gasteiger partial charge in [0.1, 0.15) is 0 Å². The Kier molecular flexibility index (Phi) is 2.73. The predicted octanol–water partition coefficient (Wildman–Crippen LogP) is 2.42. The van der Waals surface area contributed by atoms with Crippen LogP contribution in [-0.4, -0.2) is 29.7 Å². The topological polar surface area (TPSA) is 52.6 Å². The Hall–Kier alpha value is -1.71. The highest BCUT2D eigenvalue weighted by Crippen LogP contribution is 2.34. The van der Waals surface area contributed by atoms with Gasteiger partial charge in [0.05, 0.1) is 16.9 Å². The Balaban J connectivity index is 2.44. The van der Waals surface area contributed by atoms with Crippen molar-refractivity contribution in [3.63, 3.8) is 0 Å². The van der Waals surface area contributed by atoms with Gasteiger partial charge < -0.3 is 15.3 Å². The zero-order valence-corrected chi connectivity index (χ0v) is 10.4. The number of nitrogens with zero attached hydrogens (tertiary/aromatic N) is 1. The molecule has 17 heavy (non-hydrogen) atoms. The second kappa shape index (κ2) is 3.95. The van der Waals surface area contributed by atoms with Crippen LogP contribution < -0.4 is 10.2 Å². The van der Waals surface area contributed by atoms with Gasteiger partial charge in [-0.25, -0.2) is 4.79 Å². The van der Waals surface area contributed by atoms with Gasteiger partial charge >= 0.3 is 5.97 Å². The number of rotatable bonds is 1. The maximum atomic E-state index is 10.9. The summed E-state index contributed by atoms with van der Waals surface area (Å²) in [6.45, 7) is 8.25. The largest absolute Gasteiger partial charge is 0.478 e. The van der Waals surface area contributed by atoms with Gasteiger partial charge in [0.2, 0.25) is 0 Å². The quantitative estimate of drug-likeness (QED) is 0.783. The van der Waals surface area contributed by atoms with E-state index in [9.17, 15) is 4.79 Å². The molecule has 0 radical (unpaired) electrons. The fraction of sp³-hybridized carbons (Fsp3) is 0.462. The molecule has 2 rings (SSSR count). The van der Waals surface area contributed by atoms with E-state index in [2.05, 4.69) is 31.0 Å². The lowest BCUT2D eigenvalue weighted by molar-refractivity contribution is 0.0697. The number of carbonyl (C=O) groups is 1.